The van der Waals surface area contributed by atoms with E-state index in [-0.39, 0.29) is 6.03 Å². The highest BCUT2D eigenvalue weighted by Gasteiger charge is 2.08. The molecule has 0 aliphatic heterocycles. The van der Waals surface area contributed by atoms with E-state index < -0.39 is 0 Å². The Morgan fingerprint density at radius 3 is 2.59 bits per heavy atom. The van der Waals surface area contributed by atoms with Gasteiger partial charge in [0, 0.05) is 5.69 Å². The molecule has 4 nitrogen and oxygen atoms in total. The van der Waals surface area contributed by atoms with Gasteiger partial charge in [0.15, 0.2) is 0 Å². The zero-order valence-corrected chi connectivity index (χ0v) is 13.5. The van der Waals surface area contributed by atoms with Crippen LogP contribution < -0.4 is 15.4 Å². The molecule has 6 heteroatoms. The number of carbonyl (C=O) groups excluding carboxylic acids is 1. The Morgan fingerprint density at radius 2 is 1.86 bits per heavy atom. The van der Waals surface area contributed by atoms with Gasteiger partial charge in [0.1, 0.15) is 5.75 Å². The predicted octanol–water partition coefficient (Wildman–Crippen LogP) is 5.43. The third-order valence-corrected chi connectivity index (χ3v) is 3.51. The average molecular weight is 339 g/mol. The van der Waals surface area contributed by atoms with Gasteiger partial charge in [0.2, 0.25) is 0 Å². The summed E-state index contributed by atoms with van der Waals surface area (Å²) in [7, 11) is 0. The zero-order chi connectivity index (χ0) is 15.9. The highest BCUT2D eigenvalue weighted by atomic mass is 35.5. The van der Waals surface area contributed by atoms with Crippen LogP contribution in [0.2, 0.25) is 10.0 Å². The first kappa shape index (κ1) is 16.5. The van der Waals surface area contributed by atoms with Crippen LogP contribution in [0.3, 0.4) is 0 Å². The summed E-state index contributed by atoms with van der Waals surface area (Å²) < 4.78 is 5.59. The number of para-hydroxylation sites is 2. The van der Waals surface area contributed by atoms with E-state index in [1.54, 1.807) is 24.3 Å². The molecule has 0 fully saturated rings. The number of amides is 2. The predicted molar refractivity (Wildman–Crippen MR) is 91.3 cm³/mol. The fourth-order valence-electron chi connectivity index (χ4n) is 1.77. The highest BCUT2D eigenvalue weighted by Crippen LogP contribution is 2.26. The van der Waals surface area contributed by atoms with Crippen LogP contribution in [0.25, 0.3) is 0 Å². The van der Waals surface area contributed by atoms with Gasteiger partial charge in [-0.05, 0) is 36.8 Å². The zero-order valence-electron chi connectivity index (χ0n) is 12.0. The van der Waals surface area contributed by atoms with Crippen molar-refractivity contribution in [3.63, 3.8) is 0 Å². The van der Waals surface area contributed by atoms with E-state index in [0.717, 1.165) is 6.42 Å². The lowest BCUT2D eigenvalue weighted by Crippen LogP contribution is -2.20. The van der Waals surface area contributed by atoms with Crippen LogP contribution in [0.4, 0.5) is 16.2 Å². The summed E-state index contributed by atoms with van der Waals surface area (Å²) in [5.41, 5.74) is 1.16. The molecule has 0 aliphatic carbocycles. The number of hydrogen-bond donors (Lipinski definition) is 2. The second-order valence-corrected chi connectivity index (χ2v) is 5.37. The summed E-state index contributed by atoms with van der Waals surface area (Å²) in [5.74, 6) is 0.633. The molecule has 0 unspecified atom stereocenters. The van der Waals surface area contributed by atoms with Gasteiger partial charge < -0.3 is 15.4 Å². The number of rotatable bonds is 5. The third-order valence-electron chi connectivity index (χ3n) is 2.77. The Hall–Kier alpha value is -1.91. The molecule has 0 spiro atoms. The van der Waals surface area contributed by atoms with E-state index in [1.165, 1.54) is 0 Å². The lowest BCUT2D eigenvalue weighted by atomic mass is 10.3. The van der Waals surface area contributed by atoms with Crippen LogP contribution in [0.1, 0.15) is 13.3 Å². The number of urea groups is 1. The Morgan fingerprint density at radius 1 is 1.09 bits per heavy atom. The Labute approximate surface area is 139 Å². The lowest BCUT2D eigenvalue weighted by molar-refractivity contribution is 0.262. The van der Waals surface area contributed by atoms with Crippen LogP contribution in [0.15, 0.2) is 42.5 Å². The standard InChI is InChI=1S/C16H16Cl2N2O2/c1-2-9-22-15-6-4-3-5-14(15)20-16(21)19-11-7-8-12(17)13(18)10-11/h3-8,10H,2,9H2,1H3,(H2,19,20,21). The first-order valence-electron chi connectivity index (χ1n) is 6.85. The minimum Gasteiger partial charge on any atom is -0.491 e. The summed E-state index contributed by atoms with van der Waals surface area (Å²) in [6, 6.07) is 11.8. The summed E-state index contributed by atoms with van der Waals surface area (Å²) in [5, 5.41) is 6.26. The van der Waals surface area contributed by atoms with Crippen LogP contribution >= 0.6 is 23.2 Å². The topological polar surface area (TPSA) is 50.4 Å². The minimum atomic E-state index is -0.383. The van der Waals surface area contributed by atoms with Crippen LogP contribution in [-0.2, 0) is 0 Å². The molecule has 0 atom stereocenters. The van der Waals surface area contributed by atoms with E-state index in [9.17, 15) is 4.79 Å². The molecule has 0 radical (unpaired) electrons. The van der Waals surface area contributed by atoms with E-state index >= 15 is 0 Å². The Kier molecular flexibility index (Phi) is 5.92. The van der Waals surface area contributed by atoms with Gasteiger partial charge in [-0.2, -0.15) is 0 Å². The van der Waals surface area contributed by atoms with E-state index in [0.29, 0.717) is 33.8 Å². The number of ether oxygens (including phenoxy) is 1. The molecule has 2 N–H and O–H groups in total. The fraction of sp³-hybridized carbons (Fsp3) is 0.188. The number of nitrogens with one attached hydrogen (secondary N) is 2. The van der Waals surface area contributed by atoms with Gasteiger partial charge in [-0.15, -0.1) is 0 Å². The molecule has 2 aromatic rings. The van der Waals surface area contributed by atoms with Crippen molar-refractivity contribution in [3.05, 3.63) is 52.5 Å². The van der Waals surface area contributed by atoms with Crippen LogP contribution in [0.5, 0.6) is 5.75 Å². The quantitative estimate of drug-likeness (QED) is 0.763. The smallest absolute Gasteiger partial charge is 0.323 e. The molecular formula is C16H16Cl2N2O2. The summed E-state index contributed by atoms with van der Waals surface area (Å²) in [6.07, 6.45) is 0.893. The SMILES string of the molecule is CCCOc1ccccc1NC(=O)Nc1ccc(Cl)c(Cl)c1. The molecule has 22 heavy (non-hydrogen) atoms. The molecule has 0 saturated carbocycles. The normalized spacial score (nSPS) is 10.1. The van der Waals surface area contributed by atoms with Crippen molar-refractivity contribution in [1.82, 2.24) is 0 Å². The van der Waals surface area contributed by atoms with Crippen molar-refractivity contribution in [2.75, 3.05) is 17.2 Å². The lowest BCUT2D eigenvalue weighted by Gasteiger charge is -2.12. The number of anilines is 2. The Balaban J connectivity index is 2.04. The van der Waals surface area contributed by atoms with Crippen molar-refractivity contribution in [1.29, 1.82) is 0 Å². The number of benzene rings is 2. The molecule has 2 amide bonds. The first-order chi connectivity index (χ1) is 10.6. The second kappa shape index (κ2) is 7.92. The number of carbonyl (C=O) groups is 1. The summed E-state index contributed by atoms with van der Waals surface area (Å²) in [6.45, 7) is 2.61. The van der Waals surface area contributed by atoms with E-state index in [2.05, 4.69) is 10.6 Å². The summed E-state index contributed by atoms with van der Waals surface area (Å²) >= 11 is 11.8. The van der Waals surface area contributed by atoms with Crippen LogP contribution in [0, 0.1) is 0 Å². The molecule has 0 aliphatic rings. The number of halogens is 2. The van der Waals surface area contributed by atoms with Crippen molar-refractivity contribution >= 4 is 40.6 Å². The molecule has 0 saturated heterocycles. The van der Waals surface area contributed by atoms with Gasteiger partial charge in [0.25, 0.3) is 0 Å². The van der Waals surface area contributed by atoms with Gasteiger partial charge in [0.05, 0.1) is 22.3 Å². The molecule has 0 heterocycles. The second-order valence-electron chi connectivity index (χ2n) is 4.55. The van der Waals surface area contributed by atoms with Gasteiger partial charge in [-0.25, -0.2) is 4.79 Å². The maximum absolute atomic E-state index is 12.1. The molecule has 0 aromatic heterocycles. The average Bonchev–Trinajstić information content (AvgIpc) is 2.50. The van der Waals surface area contributed by atoms with Crippen molar-refractivity contribution in [3.8, 4) is 5.75 Å². The van der Waals surface area contributed by atoms with Crippen molar-refractivity contribution in [2.45, 2.75) is 13.3 Å². The Bertz CT molecular complexity index is 662. The molecule has 2 aromatic carbocycles. The highest BCUT2D eigenvalue weighted by molar-refractivity contribution is 6.42. The fourth-order valence-corrected chi connectivity index (χ4v) is 2.06. The number of hydrogen-bond acceptors (Lipinski definition) is 2. The molecule has 0 bridgehead atoms. The maximum atomic E-state index is 12.1. The minimum absolute atomic E-state index is 0.381. The van der Waals surface area contributed by atoms with Gasteiger partial charge in [-0.1, -0.05) is 42.3 Å². The van der Waals surface area contributed by atoms with E-state index in [4.69, 9.17) is 27.9 Å². The van der Waals surface area contributed by atoms with E-state index in [1.807, 2.05) is 25.1 Å². The summed E-state index contributed by atoms with van der Waals surface area (Å²) in [4.78, 5) is 12.1. The van der Waals surface area contributed by atoms with Gasteiger partial charge in [-0.3, -0.25) is 0 Å². The van der Waals surface area contributed by atoms with Crippen LogP contribution in [-0.4, -0.2) is 12.6 Å². The largest absolute Gasteiger partial charge is 0.491 e. The third kappa shape index (κ3) is 4.55. The monoisotopic (exact) mass is 338 g/mol. The first-order valence-corrected chi connectivity index (χ1v) is 7.60. The van der Waals surface area contributed by atoms with Crippen molar-refractivity contribution < 1.29 is 9.53 Å². The van der Waals surface area contributed by atoms with Crippen molar-refractivity contribution in [2.24, 2.45) is 0 Å². The molecule has 116 valence electrons. The van der Waals surface area contributed by atoms with Gasteiger partial charge >= 0.3 is 6.03 Å². The maximum Gasteiger partial charge on any atom is 0.323 e. The molecular weight excluding hydrogens is 323 g/mol. The molecule has 2 rings (SSSR count).